The van der Waals surface area contributed by atoms with Gasteiger partial charge in [0.2, 0.25) is 0 Å². The zero-order valence-corrected chi connectivity index (χ0v) is 10.1. The summed E-state index contributed by atoms with van der Waals surface area (Å²) in [5, 5.41) is 7.38. The van der Waals surface area contributed by atoms with Crippen LogP contribution < -0.4 is 10.6 Å². The lowest BCUT2D eigenvalue weighted by Crippen LogP contribution is -2.46. The first-order valence-corrected chi connectivity index (χ1v) is 6.85. The molecule has 0 aromatic heterocycles. The summed E-state index contributed by atoms with van der Waals surface area (Å²) >= 11 is 0. The third kappa shape index (κ3) is 3.46. The molecular formula is C13H26N2. The van der Waals surface area contributed by atoms with Crippen molar-refractivity contribution in [2.24, 2.45) is 5.92 Å². The Hall–Kier alpha value is -0.0800. The lowest BCUT2D eigenvalue weighted by atomic mass is 9.90. The normalized spacial score (nSPS) is 33.4. The first-order valence-electron chi connectivity index (χ1n) is 6.85. The summed E-state index contributed by atoms with van der Waals surface area (Å²) in [5.41, 5.74) is 0. The van der Waals surface area contributed by atoms with Gasteiger partial charge in [0.25, 0.3) is 0 Å². The molecule has 0 aromatic rings. The second kappa shape index (κ2) is 5.86. The SMILES string of the molecule is CCC1CCNC(CNC2CCCC2)C1. The molecule has 2 atom stereocenters. The van der Waals surface area contributed by atoms with Crippen LogP contribution in [0.15, 0.2) is 0 Å². The Morgan fingerprint density at radius 3 is 2.73 bits per heavy atom. The minimum Gasteiger partial charge on any atom is -0.313 e. The molecule has 2 fully saturated rings. The molecule has 1 saturated carbocycles. The standard InChI is InChI=1S/C13H26N2/c1-2-11-7-8-14-13(9-11)10-15-12-5-3-4-6-12/h11-15H,2-10H2,1H3. The molecule has 0 spiro atoms. The molecule has 88 valence electrons. The largest absolute Gasteiger partial charge is 0.313 e. The number of piperidine rings is 1. The van der Waals surface area contributed by atoms with Crippen LogP contribution in [0, 0.1) is 5.92 Å². The monoisotopic (exact) mass is 210 g/mol. The molecule has 15 heavy (non-hydrogen) atoms. The van der Waals surface area contributed by atoms with E-state index in [0.717, 1.165) is 18.0 Å². The molecule has 0 amide bonds. The molecule has 1 aliphatic heterocycles. The predicted molar refractivity (Wildman–Crippen MR) is 65.1 cm³/mol. The van der Waals surface area contributed by atoms with Crippen LogP contribution in [-0.2, 0) is 0 Å². The average Bonchev–Trinajstić information content (AvgIpc) is 2.79. The first kappa shape index (κ1) is 11.4. The fourth-order valence-electron chi connectivity index (χ4n) is 3.06. The molecule has 2 nitrogen and oxygen atoms in total. The smallest absolute Gasteiger partial charge is 0.0195 e. The summed E-state index contributed by atoms with van der Waals surface area (Å²) in [6.07, 6.45) is 9.82. The molecule has 1 heterocycles. The highest BCUT2D eigenvalue weighted by molar-refractivity contribution is 4.82. The maximum atomic E-state index is 3.73. The highest BCUT2D eigenvalue weighted by atomic mass is 15.0. The molecule has 1 saturated heterocycles. The van der Waals surface area contributed by atoms with Gasteiger partial charge in [-0.05, 0) is 38.1 Å². The molecule has 0 aromatic carbocycles. The van der Waals surface area contributed by atoms with Gasteiger partial charge in [-0.2, -0.15) is 0 Å². The summed E-state index contributed by atoms with van der Waals surface area (Å²) in [5.74, 6) is 0.974. The van der Waals surface area contributed by atoms with Crippen LogP contribution in [0.1, 0.15) is 51.9 Å². The van der Waals surface area contributed by atoms with E-state index >= 15 is 0 Å². The van der Waals surface area contributed by atoms with E-state index in [1.807, 2.05) is 0 Å². The van der Waals surface area contributed by atoms with Crippen molar-refractivity contribution < 1.29 is 0 Å². The molecule has 0 radical (unpaired) electrons. The van der Waals surface area contributed by atoms with Gasteiger partial charge >= 0.3 is 0 Å². The van der Waals surface area contributed by atoms with Crippen molar-refractivity contribution in [3.8, 4) is 0 Å². The minimum absolute atomic E-state index is 0.740. The van der Waals surface area contributed by atoms with Gasteiger partial charge in [-0.3, -0.25) is 0 Å². The van der Waals surface area contributed by atoms with Crippen molar-refractivity contribution in [3.63, 3.8) is 0 Å². The number of hydrogen-bond acceptors (Lipinski definition) is 2. The fourth-order valence-corrected chi connectivity index (χ4v) is 3.06. The van der Waals surface area contributed by atoms with Crippen LogP contribution in [-0.4, -0.2) is 25.2 Å². The molecule has 1 aliphatic carbocycles. The van der Waals surface area contributed by atoms with Gasteiger partial charge in [-0.1, -0.05) is 26.2 Å². The topological polar surface area (TPSA) is 24.1 Å². The number of hydrogen-bond donors (Lipinski definition) is 2. The van der Waals surface area contributed by atoms with Gasteiger partial charge in [0, 0.05) is 18.6 Å². The zero-order valence-electron chi connectivity index (χ0n) is 10.1. The van der Waals surface area contributed by atoms with E-state index in [1.165, 1.54) is 58.0 Å². The van der Waals surface area contributed by atoms with E-state index < -0.39 is 0 Å². The van der Waals surface area contributed by atoms with Gasteiger partial charge in [-0.15, -0.1) is 0 Å². The van der Waals surface area contributed by atoms with Crippen molar-refractivity contribution in [1.29, 1.82) is 0 Å². The van der Waals surface area contributed by atoms with Gasteiger partial charge in [0.15, 0.2) is 0 Å². The van der Waals surface area contributed by atoms with Gasteiger partial charge in [0.05, 0.1) is 0 Å². The van der Waals surface area contributed by atoms with E-state index in [1.54, 1.807) is 0 Å². The Morgan fingerprint density at radius 1 is 1.20 bits per heavy atom. The maximum Gasteiger partial charge on any atom is 0.0195 e. The Balaban J connectivity index is 1.65. The summed E-state index contributed by atoms with van der Waals surface area (Å²) in [4.78, 5) is 0. The van der Waals surface area contributed by atoms with Crippen molar-refractivity contribution in [3.05, 3.63) is 0 Å². The quantitative estimate of drug-likeness (QED) is 0.744. The predicted octanol–water partition coefficient (Wildman–Crippen LogP) is 2.30. The van der Waals surface area contributed by atoms with Gasteiger partial charge in [0.1, 0.15) is 0 Å². The van der Waals surface area contributed by atoms with E-state index in [4.69, 9.17) is 0 Å². The van der Waals surface area contributed by atoms with Crippen LogP contribution in [0.5, 0.6) is 0 Å². The summed E-state index contributed by atoms with van der Waals surface area (Å²) in [6.45, 7) is 4.76. The lowest BCUT2D eigenvalue weighted by Gasteiger charge is -2.30. The van der Waals surface area contributed by atoms with Crippen LogP contribution in [0.25, 0.3) is 0 Å². The van der Waals surface area contributed by atoms with Crippen LogP contribution in [0.2, 0.25) is 0 Å². The molecule has 2 unspecified atom stereocenters. The van der Waals surface area contributed by atoms with Crippen LogP contribution in [0.4, 0.5) is 0 Å². The van der Waals surface area contributed by atoms with E-state index in [2.05, 4.69) is 17.6 Å². The van der Waals surface area contributed by atoms with Gasteiger partial charge < -0.3 is 10.6 Å². The molecule has 2 heteroatoms. The minimum atomic E-state index is 0.740. The van der Waals surface area contributed by atoms with Crippen LogP contribution >= 0.6 is 0 Å². The summed E-state index contributed by atoms with van der Waals surface area (Å²) < 4.78 is 0. The molecule has 2 rings (SSSR count). The second-order valence-electron chi connectivity index (χ2n) is 5.34. The average molecular weight is 210 g/mol. The highest BCUT2D eigenvalue weighted by Gasteiger charge is 2.21. The maximum absolute atomic E-state index is 3.73. The third-order valence-corrected chi connectivity index (χ3v) is 4.19. The Labute approximate surface area is 94.2 Å². The lowest BCUT2D eigenvalue weighted by molar-refractivity contribution is 0.282. The van der Waals surface area contributed by atoms with E-state index in [9.17, 15) is 0 Å². The highest BCUT2D eigenvalue weighted by Crippen LogP contribution is 2.20. The van der Waals surface area contributed by atoms with E-state index in [-0.39, 0.29) is 0 Å². The molecule has 2 aliphatic rings. The van der Waals surface area contributed by atoms with E-state index in [0.29, 0.717) is 0 Å². The second-order valence-corrected chi connectivity index (χ2v) is 5.34. The number of rotatable bonds is 4. The van der Waals surface area contributed by atoms with Crippen LogP contribution in [0.3, 0.4) is 0 Å². The zero-order chi connectivity index (χ0) is 10.5. The molecular weight excluding hydrogens is 184 g/mol. The fraction of sp³-hybridized carbons (Fsp3) is 1.00. The Kier molecular flexibility index (Phi) is 4.45. The molecule has 2 N–H and O–H groups in total. The third-order valence-electron chi connectivity index (χ3n) is 4.19. The van der Waals surface area contributed by atoms with Crippen molar-refractivity contribution in [1.82, 2.24) is 10.6 Å². The van der Waals surface area contributed by atoms with Crippen molar-refractivity contribution in [2.75, 3.05) is 13.1 Å². The Bertz CT molecular complexity index is 175. The number of nitrogens with one attached hydrogen (secondary N) is 2. The Morgan fingerprint density at radius 2 is 2.00 bits per heavy atom. The molecule has 0 bridgehead atoms. The van der Waals surface area contributed by atoms with Crippen molar-refractivity contribution in [2.45, 2.75) is 64.0 Å². The first-order chi connectivity index (χ1) is 7.38. The van der Waals surface area contributed by atoms with Crippen molar-refractivity contribution >= 4 is 0 Å². The van der Waals surface area contributed by atoms with Gasteiger partial charge in [-0.25, -0.2) is 0 Å². The summed E-state index contributed by atoms with van der Waals surface area (Å²) in [6, 6.07) is 1.57. The summed E-state index contributed by atoms with van der Waals surface area (Å²) in [7, 11) is 0.